The van der Waals surface area contributed by atoms with Gasteiger partial charge in [0.1, 0.15) is 0 Å². The Morgan fingerprint density at radius 2 is 2.00 bits per heavy atom. The molecule has 1 aromatic carbocycles. The summed E-state index contributed by atoms with van der Waals surface area (Å²) < 4.78 is 18.8. The molecule has 1 aromatic rings. The average Bonchev–Trinajstić information content (AvgIpc) is 2.26. The number of methoxy groups -OCH3 is 1. The SMILES string of the molecule is COc1cccc([C@@H](N)CCC(C)C)c1F. The molecule has 0 saturated heterocycles. The lowest BCUT2D eigenvalue weighted by Gasteiger charge is -2.15. The Balaban J connectivity index is 2.78. The molecule has 16 heavy (non-hydrogen) atoms. The van der Waals surface area contributed by atoms with Gasteiger partial charge in [0.15, 0.2) is 11.6 Å². The second kappa shape index (κ2) is 5.85. The van der Waals surface area contributed by atoms with Crippen LogP contribution in [0.3, 0.4) is 0 Å². The first kappa shape index (κ1) is 13.0. The molecule has 2 N–H and O–H groups in total. The fourth-order valence-corrected chi connectivity index (χ4v) is 1.64. The third-order valence-electron chi connectivity index (χ3n) is 2.67. The van der Waals surface area contributed by atoms with Crippen molar-refractivity contribution in [3.05, 3.63) is 29.6 Å². The number of rotatable bonds is 5. The Morgan fingerprint density at radius 3 is 2.56 bits per heavy atom. The summed E-state index contributed by atoms with van der Waals surface area (Å²) in [7, 11) is 1.46. The highest BCUT2D eigenvalue weighted by Crippen LogP contribution is 2.26. The number of hydrogen-bond donors (Lipinski definition) is 1. The van der Waals surface area contributed by atoms with E-state index < -0.39 is 0 Å². The van der Waals surface area contributed by atoms with Gasteiger partial charge in [-0.1, -0.05) is 26.0 Å². The molecule has 0 aliphatic heterocycles. The largest absolute Gasteiger partial charge is 0.494 e. The molecule has 1 atom stereocenters. The molecule has 90 valence electrons. The molecule has 0 unspecified atom stereocenters. The summed E-state index contributed by atoms with van der Waals surface area (Å²) in [5, 5.41) is 0. The summed E-state index contributed by atoms with van der Waals surface area (Å²) in [4.78, 5) is 0. The summed E-state index contributed by atoms with van der Waals surface area (Å²) in [6.07, 6.45) is 1.79. The van der Waals surface area contributed by atoms with Crippen LogP contribution in [0.15, 0.2) is 18.2 Å². The van der Waals surface area contributed by atoms with E-state index in [9.17, 15) is 4.39 Å². The zero-order valence-corrected chi connectivity index (χ0v) is 10.2. The Hall–Kier alpha value is -1.09. The third-order valence-corrected chi connectivity index (χ3v) is 2.67. The predicted octanol–water partition coefficient (Wildman–Crippen LogP) is 3.27. The van der Waals surface area contributed by atoms with Gasteiger partial charge in [0.2, 0.25) is 0 Å². The highest BCUT2D eigenvalue weighted by atomic mass is 19.1. The Bertz CT molecular complexity index is 339. The predicted molar refractivity (Wildman–Crippen MR) is 64.0 cm³/mol. The molecule has 0 radical (unpaired) electrons. The summed E-state index contributed by atoms with van der Waals surface area (Å²) >= 11 is 0. The van der Waals surface area contributed by atoms with Crippen LogP contribution < -0.4 is 10.5 Å². The van der Waals surface area contributed by atoms with Crippen molar-refractivity contribution in [3.63, 3.8) is 0 Å². The molecule has 0 aliphatic rings. The van der Waals surface area contributed by atoms with Crippen LogP contribution in [0.1, 0.15) is 38.3 Å². The maximum atomic E-state index is 13.8. The molecule has 1 rings (SSSR count). The summed E-state index contributed by atoms with van der Waals surface area (Å²) in [6, 6.07) is 4.85. The summed E-state index contributed by atoms with van der Waals surface area (Å²) in [5.41, 5.74) is 6.51. The van der Waals surface area contributed by atoms with E-state index in [1.54, 1.807) is 18.2 Å². The Labute approximate surface area is 96.6 Å². The van der Waals surface area contributed by atoms with Crippen molar-refractivity contribution in [3.8, 4) is 5.75 Å². The molecule has 0 heterocycles. The molecule has 0 fully saturated rings. The zero-order chi connectivity index (χ0) is 12.1. The highest BCUT2D eigenvalue weighted by molar-refractivity contribution is 5.32. The first-order valence-electron chi connectivity index (χ1n) is 5.64. The minimum Gasteiger partial charge on any atom is -0.494 e. The van der Waals surface area contributed by atoms with Gasteiger partial charge in [0, 0.05) is 11.6 Å². The maximum Gasteiger partial charge on any atom is 0.169 e. The van der Waals surface area contributed by atoms with Gasteiger partial charge in [0.05, 0.1) is 7.11 Å². The van der Waals surface area contributed by atoms with Gasteiger partial charge in [-0.3, -0.25) is 0 Å². The van der Waals surface area contributed by atoms with Crippen molar-refractivity contribution < 1.29 is 9.13 Å². The zero-order valence-electron chi connectivity index (χ0n) is 10.2. The lowest BCUT2D eigenvalue weighted by Crippen LogP contribution is -2.13. The fraction of sp³-hybridized carbons (Fsp3) is 0.538. The second-order valence-corrected chi connectivity index (χ2v) is 4.44. The minimum atomic E-state index is -0.332. The Kier molecular flexibility index (Phi) is 4.74. The maximum absolute atomic E-state index is 13.8. The molecule has 0 amide bonds. The van der Waals surface area contributed by atoms with Crippen LogP contribution in [0.5, 0.6) is 5.75 Å². The third kappa shape index (κ3) is 3.20. The van der Waals surface area contributed by atoms with E-state index in [1.165, 1.54) is 7.11 Å². The van der Waals surface area contributed by atoms with Gasteiger partial charge in [-0.15, -0.1) is 0 Å². The Morgan fingerprint density at radius 1 is 1.31 bits per heavy atom. The van der Waals surface area contributed by atoms with Crippen LogP contribution >= 0.6 is 0 Å². The van der Waals surface area contributed by atoms with Crippen LogP contribution in [0, 0.1) is 11.7 Å². The lowest BCUT2D eigenvalue weighted by molar-refractivity contribution is 0.380. The van der Waals surface area contributed by atoms with E-state index in [0.29, 0.717) is 11.5 Å². The van der Waals surface area contributed by atoms with Crippen LogP contribution in [0.2, 0.25) is 0 Å². The highest BCUT2D eigenvalue weighted by Gasteiger charge is 2.15. The molecule has 0 aliphatic carbocycles. The van der Waals surface area contributed by atoms with Gasteiger partial charge in [-0.05, 0) is 24.8 Å². The minimum absolute atomic E-state index is 0.252. The van der Waals surface area contributed by atoms with Crippen LogP contribution in [0.25, 0.3) is 0 Å². The molecule has 0 bridgehead atoms. The van der Waals surface area contributed by atoms with E-state index in [2.05, 4.69) is 13.8 Å². The molecular weight excluding hydrogens is 205 g/mol. The molecule has 0 aromatic heterocycles. The quantitative estimate of drug-likeness (QED) is 0.834. The second-order valence-electron chi connectivity index (χ2n) is 4.44. The first-order valence-corrected chi connectivity index (χ1v) is 5.64. The van der Waals surface area contributed by atoms with Gasteiger partial charge in [-0.25, -0.2) is 4.39 Å². The van der Waals surface area contributed by atoms with Gasteiger partial charge < -0.3 is 10.5 Å². The van der Waals surface area contributed by atoms with E-state index in [4.69, 9.17) is 10.5 Å². The van der Waals surface area contributed by atoms with Crippen molar-refractivity contribution in [2.75, 3.05) is 7.11 Å². The normalized spacial score (nSPS) is 12.9. The van der Waals surface area contributed by atoms with E-state index in [1.807, 2.05) is 0 Å². The van der Waals surface area contributed by atoms with Crippen molar-refractivity contribution >= 4 is 0 Å². The van der Waals surface area contributed by atoms with Crippen molar-refractivity contribution in [2.45, 2.75) is 32.7 Å². The topological polar surface area (TPSA) is 35.2 Å². The number of hydrogen-bond acceptors (Lipinski definition) is 2. The lowest BCUT2D eigenvalue weighted by atomic mass is 9.98. The van der Waals surface area contributed by atoms with E-state index in [0.717, 1.165) is 12.8 Å². The number of benzene rings is 1. The summed E-state index contributed by atoms with van der Waals surface area (Å²) in [5.74, 6) is 0.512. The van der Waals surface area contributed by atoms with Crippen molar-refractivity contribution in [1.29, 1.82) is 0 Å². The number of halogens is 1. The standard InChI is InChI=1S/C13H20FNO/c1-9(2)7-8-11(15)10-5-4-6-12(16-3)13(10)14/h4-6,9,11H,7-8,15H2,1-3H3/t11-/m0/s1. The smallest absolute Gasteiger partial charge is 0.169 e. The molecule has 0 saturated carbocycles. The van der Waals surface area contributed by atoms with Crippen LogP contribution in [-0.4, -0.2) is 7.11 Å². The van der Waals surface area contributed by atoms with E-state index >= 15 is 0 Å². The van der Waals surface area contributed by atoms with Crippen molar-refractivity contribution in [1.82, 2.24) is 0 Å². The first-order chi connectivity index (χ1) is 7.56. The molecule has 0 spiro atoms. The average molecular weight is 225 g/mol. The monoisotopic (exact) mass is 225 g/mol. The molecular formula is C13H20FNO. The number of nitrogens with two attached hydrogens (primary N) is 1. The fourth-order valence-electron chi connectivity index (χ4n) is 1.64. The molecule has 3 heteroatoms. The number of ether oxygens (including phenoxy) is 1. The summed E-state index contributed by atoms with van der Waals surface area (Å²) in [6.45, 7) is 4.27. The van der Waals surface area contributed by atoms with Crippen molar-refractivity contribution in [2.24, 2.45) is 11.7 Å². The van der Waals surface area contributed by atoms with Crippen LogP contribution in [0.4, 0.5) is 4.39 Å². The molecule has 2 nitrogen and oxygen atoms in total. The van der Waals surface area contributed by atoms with Gasteiger partial charge in [0.25, 0.3) is 0 Å². The van der Waals surface area contributed by atoms with Gasteiger partial charge >= 0.3 is 0 Å². The van der Waals surface area contributed by atoms with Gasteiger partial charge in [-0.2, -0.15) is 0 Å². The van der Waals surface area contributed by atoms with E-state index in [-0.39, 0.29) is 17.6 Å². The van der Waals surface area contributed by atoms with Crippen LogP contribution in [-0.2, 0) is 0 Å².